The molecule has 9 heteroatoms. The van der Waals surface area contributed by atoms with Gasteiger partial charge in [-0.1, -0.05) is 0 Å². The first kappa shape index (κ1) is 23.7. The van der Waals surface area contributed by atoms with Crippen LogP contribution >= 0.6 is 0 Å². The molecule has 4 rings (SSSR count). The largest absolute Gasteiger partial charge is 0.493 e. The first-order valence-corrected chi connectivity index (χ1v) is 10.8. The number of fused-ring (bicyclic) bond motifs is 1. The fourth-order valence-corrected chi connectivity index (χ4v) is 3.57. The molecule has 0 fully saturated rings. The smallest absolute Gasteiger partial charge is 0.326 e. The number of anilines is 2. The van der Waals surface area contributed by atoms with Crippen molar-refractivity contribution in [1.29, 1.82) is 0 Å². The van der Waals surface area contributed by atoms with Crippen LogP contribution in [0.5, 0.6) is 23.0 Å². The average Bonchev–Trinajstić information content (AvgIpc) is 2.86. The van der Waals surface area contributed by atoms with E-state index in [4.69, 9.17) is 14.2 Å². The molecule has 0 spiro atoms. The molecule has 35 heavy (non-hydrogen) atoms. The number of hydrogen-bond acceptors (Lipinski definition) is 5. The minimum atomic E-state index is -0.677. The molecule has 180 valence electrons. The number of carbonyl (C=O) groups is 1. The summed E-state index contributed by atoms with van der Waals surface area (Å²) in [5, 5.41) is 3.20. The lowest BCUT2D eigenvalue weighted by molar-refractivity contribution is 0.257. The molecule has 0 aliphatic rings. The molecule has 0 bridgehead atoms. The molecule has 0 radical (unpaired) electrons. The van der Waals surface area contributed by atoms with Crippen LogP contribution in [0, 0.1) is 11.6 Å². The van der Waals surface area contributed by atoms with Gasteiger partial charge in [-0.05, 0) is 55.5 Å². The second-order valence-electron chi connectivity index (χ2n) is 7.43. The summed E-state index contributed by atoms with van der Waals surface area (Å²) in [6.07, 6.45) is 1.57. The van der Waals surface area contributed by atoms with Crippen LogP contribution in [-0.2, 0) is 0 Å². The van der Waals surface area contributed by atoms with E-state index in [1.54, 1.807) is 37.4 Å². The fraction of sp³-hybridized carbons (Fsp3) is 0.154. The lowest BCUT2D eigenvalue weighted by Crippen LogP contribution is -2.35. The summed E-state index contributed by atoms with van der Waals surface area (Å²) < 4.78 is 44.7. The van der Waals surface area contributed by atoms with E-state index >= 15 is 0 Å². The van der Waals surface area contributed by atoms with Gasteiger partial charge >= 0.3 is 6.03 Å². The third-order valence-corrected chi connectivity index (χ3v) is 5.32. The van der Waals surface area contributed by atoms with Gasteiger partial charge in [0.2, 0.25) is 0 Å². The highest BCUT2D eigenvalue weighted by Gasteiger charge is 2.17. The Morgan fingerprint density at radius 3 is 2.31 bits per heavy atom. The van der Waals surface area contributed by atoms with Gasteiger partial charge in [0.15, 0.2) is 11.5 Å². The third-order valence-electron chi connectivity index (χ3n) is 5.32. The van der Waals surface area contributed by atoms with Crippen LogP contribution in [0.3, 0.4) is 0 Å². The Labute approximate surface area is 200 Å². The van der Waals surface area contributed by atoms with E-state index in [2.05, 4.69) is 10.3 Å². The van der Waals surface area contributed by atoms with E-state index in [9.17, 15) is 13.6 Å². The lowest BCUT2D eigenvalue weighted by atomic mass is 10.2. The molecule has 2 amide bonds. The number of nitrogens with zero attached hydrogens (tertiary/aromatic N) is 2. The van der Waals surface area contributed by atoms with Crippen molar-refractivity contribution < 1.29 is 27.8 Å². The Hall–Kier alpha value is -4.40. The Morgan fingerprint density at radius 2 is 1.66 bits per heavy atom. The van der Waals surface area contributed by atoms with Gasteiger partial charge in [-0.3, -0.25) is 9.88 Å². The Bertz CT molecular complexity index is 1360. The molecule has 0 atom stereocenters. The number of nitrogens with one attached hydrogen (secondary N) is 1. The molecule has 1 aromatic heterocycles. The molecule has 3 aromatic carbocycles. The minimum absolute atomic E-state index is 0.0195. The first-order valence-electron chi connectivity index (χ1n) is 10.8. The number of methoxy groups -OCH3 is 2. The van der Waals surface area contributed by atoms with Gasteiger partial charge in [0.05, 0.1) is 25.4 Å². The van der Waals surface area contributed by atoms with Crippen molar-refractivity contribution >= 4 is 28.3 Å². The summed E-state index contributed by atoms with van der Waals surface area (Å²) in [5.74, 6) is 0.616. The summed E-state index contributed by atoms with van der Waals surface area (Å²) in [7, 11) is 3.06. The number of rotatable bonds is 7. The maximum atomic E-state index is 14.9. The van der Waals surface area contributed by atoms with Crippen LogP contribution in [0.2, 0.25) is 0 Å². The van der Waals surface area contributed by atoms with Crippen molar-refractivity contribution in [3.8, 4) is 23.0 Å². The van der Waals surface area contributed by atoms with E-state index in [1.807, 2.05) is 0 Å². The Morgan fingerprint density at radius 1 is 0.943 bits per heavy atom. The molecule has 1 N–H and O–H groups in total. The highest BCUT2D eigenvalue weighted by molar-refractivity contribution is 6.01. The number of amides is 2. The maximum absolute atomic E-state index is 14.9. The van der Waals surface area contributed by atoms with E-state index in [0.29, 0.717) is 40.4 Å². The molecule has 7 nitrogen and oxygen atoms in total. The zero-order chi connectivity index (χ0) is 24.9. The summed E-state index contributed by atoms with van der Waals surface area (Å²) in [4.78, 5) is 18.4. The van der Waals surface area contributed by atoms with Crippen molar-refractivity contribution in [1.82, 2.24) is 4.98 Å². The van der Waals surface area contributed by atoms with Gasteiger partial charge in [-0.15, -0.1) is 0 Å². The van der Waals surface area contributed by atoms with E-state index in [0.717, 1.165) is 0 Å². The Kier molecular flexibility index (Phi) is 6.96. The van der Waals surface area contributed by atoms with Crippen LogP contribution in [0.1, 0.15) is 6.92 Å². The Balaban J connectivity index is 1.55. The van der Waals surface area contributed by atoms with Crippen molar-refractivity contribution in [2.75, 3.05) is 31.0 Å². The molecule has 0 saturated heterocycles. The molecule has 4 aromatic rings. The van der Waals surface area contributed by atoms with Gasteiger partial charge in [-0.25, -0.2) is 13.6 Å². The summed E-state index contributed by atoms with van der Waals surface area (Å²) >= 11 is 0. The molecule has 0 saturated carbocycles. The standard InChI is InChI=1S/C26H23F2N3O4/c1-4-31(17-7-5-16(27)6-8-17)26(32)30-21-10-9-18(13-20(21)28)35-23-11-12-29-22-15-25(34-3)24(33-2)14-19(22)23/h5-15H,4H2,1-3H3,(H,30,32). The van der Waals surface area contributed by atoms with Crippen molar-refractivity contribution in [2.45, 2.75) is 6.92 Å². The second kappa shape index (κ2) is 10.3. The van der Waals surface area contributed by atoms with Gasteiger partial charge < -0.3 is 19.5 Å². The van der Waals surface area contributed by atoms with Gasteiger partial charge in [-0.2, -0.15) is 0 Å². The monoisotopic (exact) mass is 479 g/mol. The number of aromatic nitrogens is 1. The van der Waals surface area contributed by atoms with Crippen LogP contribution in [-0.4, -0.2) is 31.8 Å². The van der Waals surface area contributed by atoms with Gasteiger partial charge in [0, 0.05) is 35.9 Å². The van der Waals surface area contributed by atoms with Crippen molar-refractivity contribution in [3.05, 3.63) is 78.5 Å². The predicted molar refractivity (Wildman–Crippen MR) is 130 cm³/mol. The number of benzene rings is 3. The zero-order valence-electron chi connectivity index (χ0n) is 19.3. The topological polar surface area (TPSA) is 72.9 Å². The highest BCUT2D eigenvalue weighted by atomic mass is 19.1. The summed E-state index contributed by atoms with van der Waals surface area (Å²) in [6, 6.07) is 14.2. The van der Waals surface area contributed by atoms with Crippen LogP contribution in [0.25, 0.3) is 10.9 Å². The SMILES string of the molecule is CCN(C(=O)Nc1ccc(Oc2ccnc3cc(OC)c(OC)cc23)cc1F)c1ccc(F)cc1. The second-order valence-corrected chi connectivity index (χ2v) is 7.43. The summed E-state index contributed by atoms with van der Waals surface area (Å²) in [5.41, 5.74) is 1.09. The van der Waals surface area contributed by atoms with Crippen molar-refractivity contribution in [3.63, 3.8) is 0 Å². The predicted octanol–water partition coefficient (Wildman–Crippen LogP) is 6.38. The van der Waals surface area contributed by atoms with Crippen LogP contribution < -0.4 is 24.4 Å². The fourth-order valence-electron chi connectivity index (χ4n) is 3.57. The molecule has 0 aliphatic carbocycles. The third kappa shape index (κ3) is 5.08. The van der Waals surface area contributed by atoms with Gasteiger partial charge in [0.1, 0.15) is 23.1 Å². The number of carbonyl (C=O) groups excluding carboxylic acids is 1. The maximum Gasteiger partial charge on any atom is 0.326 e. The zero-order valence-corrected chi connectivity index (χ0v) is 19.3. The first-order chi connectivity index (χ1) is 16.9. The van der Waals surface area contributed by atoms with Crippen molar-refractivity contribution in [2.24, 2.45) is 0 Å². The molecule has 1 heterocycles. The average molecular weight is 479 g/mol. The van der Waals surface area contributed by atoms with Crippen LogP contribution in [0.15, 0.2) is 66.9 Å². The van der Waals surface area contributed by atoms with E-state index in [-0.39, 0.29) is 11.4 Å². The normalized spacial score (nSPS) is 10.7. The molecular formula is C26H23F2N3O4. The number of pyridine rings is 1. The summed E-state index contributed by atoms with van der Waals surface area (Å²) in [6.45, 7) is 2.07. The minimum Gasteiger partial charge on any atom is -0.493 e. The number of urea groups is 1. The lowest BCUT2D eigenvalue weighted by Gasteiger charge is -2.21. The van der Waals surface area contributed by atoms with E-state index < -0.39 is 17.7 Å². The quantitative estimate of drug-likeness (QED) is 0.333. The molecule has 0 aliphatic heterocycles. The van der Waals surface area contributed by atoms with Crippen LogP contribution in [0.4, 0.5) is 25.0 Å². The number of hydrogen-bond donors (Lipinski definition) is 1. The molecule has 0 unspecified atom stereocenters. The molecular weight excluding hydrogens is 456 g/mol. The highest BCUT2D eigenvalue weighted by Crippen LogP contribution is 2.37. The number of ether oxygens (including phenoxy) is 3. The van der Waals surface area contributed by atoms with Gasteiger partial charge in [0.25, 0.3) is 0 Å². The number of halogens is 2. The van der Waals surface area contributed by atoms with E-state index in [1.165, 1.54) is 55.5 Å².